The molecule has 1 fully saturated rings. The van der Waals surface area contributed by atoms with E-state index in [0.29, 0.717) is 5.38 Å². The van der Waals surface area contributed by atoms with Crippen LogP contribution in [0.25, 0.3) is 0 Å². The van der Waals surface area contributed by atoms with Crippen molar-refractivity contribution in [3.8, 4) is 0 Å². The number of piperidine rings is 1. The van der Waals surface area contributed by atoms with Gasteiger partial charge in [0.25, 0.3) is 0 Å². The second kappa shape index (κ2) is 4.18. The van der Waals surface area contributed by atoms with Gasteiger partial charge in [0.05, 0.1) is 0 Å². The zero-order valence-corrected chi connectivity index (χ0v) is 9.17. The largest absolute Gasteiger partial charge is 0.371 e. The summed E-state index contributed by atoms with van der Waals surface area (Å²) in [5.74, 6) is 0. The molecule has 0 N–H and O–H groups in total. The molecule has 0 radical (unpaired) electrons. The number of aryl methyl sites for hydroxylation is 1. The molecule has 0 aromatic carbocycles. The van der Waals surface area contributed by atoms with Gasteiger partial charge in [-0.15, -0.1) is 11.6 Å². The van der Waals surface area contributed by atoms with Crippen molar-refractivity contribution in [3.63, 3.8) is 0 Å². The molecule has 76 valence electrons. The molecule has 2 nitrogen and oxygen atoms in total. The van der Waals surface area contributed by atoms with E-state index in [4.69, 9.17) is 11.6 Å². The van der Waals surface area contributed by atoms with Gasteiger partial charge in [-0.1, -0.05) is 0 Å². The molecular weight excluding hydrogens is 196 g/mol. The Balaban J connectivity index is 2.08. The number of pyridine rings is 1. The van der Waals surface area contributed by atoms with Gasteiger partial charge in [-0.3, -0.25) is 4.98 Å². The van der Waals surface area contributed by atoms with Crippen LogP contribution in [0.15, 0.2) is 18.3 Å². The number of nitrogens with zero attached hydrogens (tertiary/aromatic N) is 2. The van der Waals surface area contributed by atoms with Crippen molar-refractivity contribution in [3.05, 3.63) is 24.0 Å². The van der Waals surface area contributed by atoms with E-state index in [9.17, 15) is 0 Å². The molecule has 0 unspecified atom stereocenters. The molecule has 0 atom stereocenters. The van der Waals surface area contributed by atoms with Crippen molar-refractivity contribution in [1.82, 2.24) is 4.98 Å². The SMILES string of the molecule is Cc1cc(N2CCC(Cl)CC2)ccn1. The van der Waals surface area contributed by atoms with E-state index < -0.39 is 0 Å². The van der Waals surface area contributed by atoms with Crippen molar-refractivity contribution < 1.29 is 0 Å². The van der Waals surface area contributed by atoms with Crippen LogP contribution in [0.5, 0.6) is 0 Å². The third-order valence-corrected chi connectivity index (χ3v) is 3.11. The second-order valence-corrected chi connectivity index (χ2v) is 4.43. The molecule has 1 aromatic rings. The van der Waals surface area contributed by atoms with Gasteiger partial charge >= 0.3 is 0 Å². The Morgan fingerprint density at radius 2 is 2.14 bits per heavy atom. The minimum atomic E-state index is 0.370. The molecule has 0 bridgehead atoms. The third kappa shape index (κ3) is 2.18. The summed E-state index contributed by atoms with van der Waals surface area (Å²) < 4.78 is 0. The number of alkyl halides is 1. The topological polar surface area (TPSA) is 16.1 Å². The maximum absolute atomic E-state index is 6.06. The zero-order valence-electron chi connectivity index (χ0n) is 8.41. The highest BCUT2D eigenvalue weighted by atomic mass is 35.5. The maximum Gasteiger partial charge on any atom is 0.0399 e. The number of hydrogen-bond acceptors (Lipinski definition) is 2. The Morgan fingerprint density at radius 1 is 1.43 bits per heavy atom. The lowest BCUT2D eigenvalue weighted by Gasteiger charge is -2.31. The Kier molecular flexibility index (Phi) is 2.92. The van der Waals surface area contributed by atoms with Gasteiger partial charge in [0.1, 0.15) is 0 Å². The van der Waals surface area contributed by atoms with E-state index in [1.807, 2.05) is 13.1 Å². The van der Waals surface area contributed by atoms with Gasteiger partial charge in [-0.25, -0.2) is 0 Å². The molecule has 14 heavy (non-hydrogen) atoms. The first-order chi connectivity index (χ1) is 6.75. The van der Waals surface area contributed by atoms with Crippen LogP contribution in [0.2, 0.25) is 0 Å². The van der Waals surface area contributed by atoms with Crippen LogP contribution in [0, 0.1) is 6.92 Å². The van der Waals surface area contributed by atoms with E-state index in [1.165, 1.54) is 5.69 Å². The Hall–Kier alpha value is -0.760. The number of aromatic nitrogens is 1. The van der Waals surface area contributed by atoms with Gasteiger partial charge < -0.3 is 4.90 Å². The molecule has 1 aromatic heterocycles. The van der Waals surface area contributed by atoms with Crippen LogP contribution in [-0.2, 0) is 0 Å². The molecule has 0 spiro atoms. The Labute approximate surface area is 89.9 Å². The predicted octanol–water partition coefficient (Wildman–Crippen LogP) is 2.60. The minimum Gasteiger partial charge on any atom is -0.371 e. The first kappa shape index (κ1) is 9.78. The summed E-state index contributed by atoms with van der Waals surface area (Å²) in [5.41, 5.74) is 2.36. The molecule has 1 aliphatic rings. The standard InChI is InChI=1S/C11H15ClN2/c1-9-8-11(2-5-13-9)14-6-3-10(12)4-7-14/h2,5,8,10H,3-4,6-7H2,1H3. The fourth-order valence-corrected chi connectivity index (χ4v) is 2.03. The highest BCUT2D eigenvalue weighted by Crippen LogP contribution is 2.22. The third-order valence-electron chi connectivity index (χ3n) is 2.67. The summed E-state index contributed by atoms with van der Waals surface area (Å²) in [7, 11) is 0. The van der Waals surface area contributed by atoms with E-state index in [-0.39, 0.29) is 0 Å². The maximum atomic E-state index is 6.06. The molecular formula is C11H15ClN2. The fraction of sp³-hybridized carbons (Fsp3) is 0.545. The van der Waals surface area contributed by atoms with E-state index in [2.05, 4.69) is 22.0 Å². The lowest BCUT2D eigenvalue weighted by atomic mass is 10.1. The van der Waals surface area contributed by atoms with Crippen molar-refractivity contribution in [1.29, 1.82) is 0 Å². The second-order valence-electron chi connectivity index (χ2n) is 3.82. The molecule has 1 saturated heterocycles. The van der Waals surface area contributed by atoms with Crippen LogP contribution in [0.4, 0.5) is 5.69 Å². The molecule has 2 heterocycles. The highest BCUT2D eigenvalue weighted by Gasteiger charge is 2.17. The number of rotatable bonds is 1. The minimum absolute atomic E-state index is 0.370. The normalized spacial score (nSPS) is 18.6. The summed E-state index contributed by atoms with van der Waals surface area (Å²) in [6.07, 6.45) is 4.04. The van der Waals surface area contributed by atoms with Crippen molar-refractivity contribution in [2.24, 2.45) is 0 Å². The van der Waals surface area contributed by atoms with Gasteiger partial charge in [-0.2, -0.15) is 0 Å². The highest BCUT2D eigenvalue weighted by molar-refractivity contribution is 6.20. The lowest BCUT2D eigenvalue weighted by Crippen LogP contribution is -2.33. The predicted molar refractivity (Wildman–Crippen MR) is 60.1 cm³/mol. The Morgan fingerprint density at radius 3 is 2.79 bits per heavy atom. The van der Waals surface area contributed by atoms with Gasteiger partial charge in [0, 0.05) is 36.0 Å². The average Bonchev–Trinajstić information content (AvgIpc) is 2.19. The van der Waals surface area contributed by atoms with Crippen molar-refractivity contribution in [2.75, 3.05) is 18.0 Å². The fourth-order valence-electron chi connectivity index (χ4n) is 1.83. The van der Waals surface area contributed by atoms with Gasteiger partial charge in [0.15, 0.2) is 0 Å². The quantitative estimate of drug-likeness (QED) is 0.663. The average molecular weight is 211 g/mol. The van der Waals surface area contributed by atoms with Crippen LogP contribution in [0.3, 0.4) is 0 Å². The van der Waals surface area contributed by atoms with E-state index >= 15 is 0 Å². The summed E-state index contributed by atoms with van der Waals surface area (Å²) >= 11 is 6.06. The molecule has 1 aliphatic heterocycles. The first-order valence-electron chi connectivity index (χ1n) is 5.07. The van der Waals surface area contributed by atoms with Crippen LogP contribution in [0.1, 0.15) is 18.5 Å². The van der Waals surface area contributed by atoms with Crippen LogP contribution < -0.4 is 4.90 Å². The van der Waals surface area contributed by atoms with Gasteiger partial charge in [-0.05, 0) is 31.9 Å². The van der Waals surface area contributed by atoms with E-state index in [0.717, 1.165) is 31.6 Å². The van der Waals surface area contributed by atoms with E-state index in [1.54, 1.807) is 0 Å². The zero-order chi connectivity index (χ0) is 9.97. The van der Waals surface area contributed by atoms with Crippen LogP contribution >= 0.6 is 11.6 Å². The van der Waals surface area contributed by atoms with Crippen molar-refractivity contribution >= 4 is 17.3 Å². The molecule has 2 rings (SSSR count). The molecule has 0 aliphatic carbocycles. The van der Waals surface area contributed by atoms with Crippen LogP contribution in [-0.4, -0.2) is 23.5 Å². The Bertz CT molecular complexity index is 306. The molecule has 0 amide bonds. The molecule has 0 saturated carbocycles. The first-order valence-corrected chi connectivity index (χ1v) is 5.51. The number of anilines is 1. The lowest BCUT2D eigenvalue weighted by molar-refractivity contribution is 0.585. The smallest absolute Gasteiger partial charge is 0.0399 e. The number of halogens is 1. The number of hydrogen-bond donors (Lipinski definition) is 0. The molecule has 3 heteroatoms. The van der Waals surface area contributed by atoms with Gasteiger partial charge in [0.2, 0.25) is 0 Å². The summed E-state index contributed by atoms with van der Waals surface area (Å²) in [5, 5.41) is 0.370. The monoisotopic (exact) mass is 210 g/mol. The summed E-state index contributed by atoms with van der Waals surface area (Å²) in [6.45, 7) is 4.16. The van der Waals surface area contributed by atoms with Crippen molar-refractivity contribution in [2.45, 2.75) is 25.1 Å². The summed E-state index contributed by atoms with van der Waals surface area (Å²) in [6, 6.07) is 4.20. The summed E-state index contributed by atoms with van der Waals surface area (Å²) in [4.78, 5) is 6.58.